The number of fused-ring (bicyclic) bond motifs is 1. The number of rotatable bonds is 14. The molecule has 1 aromatic heterocycles. The molecule has 43 heavy (non-hydrogen) atoms. The zero-order chi connectivity index (χ0) is 30.2. The van der Waals surface area contributed by atoms with Crippen molar-refractivity contribution < 1.29 is 17.9 Å². The van der Waals surface area contributed by atoms with Crippen LogP contribution in [0.15, 0.2) is 131 Å². The Morgan fingerprint density at radius 2 is 1.28 bits per heavy atom. The molecular formula is C36H40N2O4S. The van der Waals surface area contributed by atoms with Gasteiger partial charge in [-0.05, 0) is 53.3 Å². The third-order valence-electron chi connectivity index (χ3n) is 7.68. The molecule has 0 saturated carbocycles. The second kappa shape index (κ2) is 14.1. The first-order valence-corrected chi connectivity index (χ1v) is 16.2. The SMILES string of the molecule is CC(C)CN(CC(O)C(Cc1ccccc1)N(Cc1ccccc1)Cc1ccccc1)S(=O)(=O)c1ccc2occc2c1. The van der Waals surface area contributed by atoms with Gasteiger partial charge in [-0.25, -0.2) is 8.42 Å². The highest BCUT2D eigenvalue weighted by molar-refractivity contribution is 7.89. The van der Waals surface area contributed by atoms with Crippen LogP contribution >= 0.6 is 0 Å². The summed E-state index contributed by atoms with van der Waals surface area (Å²) in [4.78, 5) is 2.47. The second-order valence-corrected chi connectivity index (χ2v) is 13.5. The molecule has 4 aromatic carbocycles. The summed E-state index contributed by atoms with van der Waals surface area (Å²) in [5, 5.41) is 12.8. The molecule has 0 saturated heterocycles. The van der Waals surface area contributed by atoms with Crippen LogP contribution in [0.25, 0.3) is 11.0 Å². The molecule has 1 N–H and O–H groups in total. The number of hydrogen-bond donors (Lipinski definition) is 1. The van der Waals surface area contributed by atoms with Crippen molar-refractivity contribution >= 4 is 21.0 Å². The minimum Gasteiger partial charge on any atom is -0.464 e. The van der Waals surface area contributed by atoms with Crippen LogP contribution in [-0.4, -0.2) is 48.0 Å². The van der Waals surface area contributed by atoms with Gasteiger partial charge in [0.15, 0.2) is 0 Å². The Morgan fingerprint density at radius 3 is 1.84 bits per heavy atom. The number of sulfonamides is 1. The summed E-state index contributed by atoms with van der Waals surface area (Å²) in [6, 6.07) is 36.8. The Hall–Kier alpha value is -3.75. The second-order valence-electron chi connectivity index (χ2n) is 11.5. The Balaban J connectivity index is 1.50. The number of benzene rings is 4. The van der Waals surface area contributed by atoms with Gasteiger partial charge in [-0.2, -0.15) is 4.31 Å². The van der Waals surface area contributed by atoms with E-state index in [-0.39, 0.29) is 29.9 Å². The predicted octanol–water partition coefficient (Wildman–Crippen LogP) is 6.75. The zero-order valence-electron chi connectivity index (χ0n) is 24.8. The molecule has 0 radical (unpaired) electrons. The molecular weight excluding hydrogens is 556 g/mol. The number of furan rings is 1. The molecule has 5 rings (SSSR count). The van der Waals surface area contributed by atoms with Gasteiger partial charge in [-0.1, -0.05) is 105 Å². The summed E-state index contributed by atoms with van der Waals surface area (Å²) in [5.74, 6) is 0.0666. The maximum Gasteiger partial charge on any atom is 0.243 e. The molecule has 0 aliphatic rings. The van der Waals surface area contributed by atoms with Crippen LogP contribution in [-0.2, 0) is 29.5 Å². The van der Waals surface area contributed by atoms with E-state index in [2.05, 4.69) is 41.3 Å². The summed E-state index contributed by atoms with van der Waals surface area (Å²) in [5.41, 5.74) is 3.98. The highest BCUT2D eigenvalue weighted by atomic mass is 32.2. The number of hydrogen-bond acceptors (Lipinski definition) is 5. The van der Waals surface area contributed by atoms with Crippen molar-refractivity contribution in [1.29, 1.82) is 0 Å². The highest BCUT2D eigenvalue weighted by Crippen LogP contribution is 2.26. The number of aliphatic hydroxyl groups is 1. The molecule has 0 aliphatic carbocycles. The molecule has 224 valence electrons. The van der Waals surface area contributed by atoms with Crippen molar-refractivity contribution in [2.24, 2.45) is 5.92 Å². The minimum absolute atomic E-state index is 0.0263. The van der Waals surface area contributed by atoms with Crippen molar-refractivity contribution in [3.05, 3.63) is 138 Å². The molecule has 0 bridgehead atoms. The van der Waals surface area contributed by atoms with E-state index >= 15 is 0 Å². The highest BCUT2D eigenvalue weighted by Gasteiger charge is 2.33. The molecule has 5 aromatic rings. The van der Waals surface area contributed by atoms with E-state index in [1.165, 1.54) is 4.31 Å². The maximum absolute atomic E-state index is 14.1. The molecule has 2 unspecified atom stereocenters. The summed E-state index contributed by atoms with van der Waals surface area (Å²) in [6.07, 6.45) is 1.16. The molecule has 2 atom stereocenters. The van der Waals surface area contributed by atoms with Gasteiger partial charge in [0.1, 0.15) is 5.58 Å². The molecule has 7 heteroatoms. The molecule has 1 heterocycles. The zero-order valence-corrected chi connectivity index (χ0v) is 25.6. The smallest absolute Gasteiger partial charge is 0.243 e. The third-order valence-corrected chi connectivity index (χ3v) is 9.51. The lowest BCUT2D eigenvalue weighted by Gasteiger charge is -2.37. The molecule has 6 nitrogen and oxygen atoms in total. The largest absolute Gasteiger partial charge is 0.464 e. The molecule has 0 aliphatic heterocycles. The Bertz CT molecular complexity index is 1630. The molecule has 0 spiro atoms. The van der Waals surface area contributed by atoms with Crippen molar-refractivity contribution in [3.63, 3.8) is 0 Å². The van der Waals surface area contributed by atoms with Crippen molar-refractivity contribution in [3.8, 4) is 0 Å². The first-order valence-electron chi connectivity index (χ1n) is 14.8. The van der Waals surface area contributed by atoms with Gasteiger partial charge in [0, 0.05) is 37.6 Å². The predicted molar refractivity (Wildman–Crippen MR) is 172 cm³/mol. The van der Waals surface area contributed by atoms with Crippen LogP contribution in [0, 0.1) is 5.92 Å². The van der Waals surface area contributed by atoms with E-state index in [1.54, 1.807) is 30.5 Å². The normalized spacial score (nSPS) is 13.6. The minimum atomic E-state index is -3.90. The third kappa shape index (κ3) is 8.00. The van der Waals surface area contributed by atoms with Crippen molar-refractivity contribution in [1.82, 2.24) is 9.21 Å². The standard InChI is InChI=1S/C36H40N2O4S/c1-28(2)24-38(43(40,41)33-18-19-36-32(23-33)20-21-42-36)27-35(39)34(22-29-12-6-3-7-13-29)37(25-30-14-8-4-9-15-30)26-31-16-10-5-11-17-31/h3-21,23,28,34-35,39H,22,24-27H2,1-2H3. The first-order chi connectivity index (χ1) is 20.8. The van der Waals surface area contributed by atoms with Gasteiger partial charge < -0.3 is 9.52 Å². The van der Waals surface area contributed by atoms with E-state index < -0.39 is 16.1 Å². The van der Waals surface area contributed by atoms with Gasteiger partial charge in [-0.3, -0.25) is 4.90 Å². The fourth-order valence-corrected chi connectivity index (χ4v) is 7.21. The van der Waals surface area contributed by atoms with E-state index in [9.17, 15) is 13.5 Å². The summed E-state index contributed by atoms with van der Waals surface area (Å²) in [7, 11) is -3.90. The van der Waals surface area contributed by atoms with E-state index in [1.807, 2.05) is 68.4 Å². The topological polar surface area (TPSA) is 74.0 Å². The van der Waals surface area contributed by atoms with Crippen molar-refractivity contribution in [2.75, 3.05) is 13.1 Å². The number of aliphatic hydroxyl groups excluding tert-OH is 1. The molecule has 0 amide bonds. The van der Waals surface area contributed by atoms with Crippen LogP contribution in [0.1, 0.15) is 30.5 Å². The quantitative estimate of drug-likeness (QED) is 0.153. The Labute approximate surface area is 255 Å². The Morgan fingerprint density at radius 1 is 0.721 bits per heavy atom. The van der Waals surface area contributed by atoms with Crippen LogP contribution in [0.5, 0.6) is 0 Å². The van der Waals surface area contributed by atoms with E-state index in [0.29, 0.717) is 25.1 Å². The summed E-state index contributed by atoms with van der Waals surface area (Å²) >= 11 is 0. The van der Waals surface area contributed by atoms with Gasteiger partial charge in [0.05, 0.1) is 17.3 Å². The Kier molecular flexibility index (Phi) is 10.1. The van der Waals surface area contributed by atoms with Crippen LogP contribution in [0.4, 0.5) is 0 Å². The van der Waals surface area contributed by atoms with E-state index in [4.69, 9.17) is 4.42 Å². The fraction of sp³-hybridized carbons (Fsp3) is 0.278. The van der Waals surface area contributed by atoms with Gasteiger partial charge in [0.25, 0.3) is 0 Å². The lowest BCUT2D eigenvalue weighted by atomic mass is 9.97. The maximum atomic E-state index is 14.1. The van der Waals surface area contributed by atoms with Gasteiger partial charge in [-0.15, -0.1) is 0 Å². The summed E-state index contributed by atoms with van der Waals surface area (Å²) in [6.45, 7) is 5.47. The van der Waals surface area contributed by atoms with Crippen LogP contribution in [0.3, 0.4) is 0 Å². The van der Waals surface area contributed by atoms with Gasteiger partial charge in [0.2, 0.25) is 10.0 Å². The van der Waals surface area contributed by atoms with Crippen LogP contribution in [0.2, 0.25) is 0 Å². The first kappa shape index (κ1) is 30.7. The average Bonchev–Trinajstić information content (AvgIpc) is 3.49. The molecule has 0 fully saturated rings. The van der Waals surface area contributed by atoms with Crippen molar-refractivity contribution in [2.45, 2.75) is 50.4 Å². The fourth-order valence-electron chi connectivity index (χ4n) is 5.55. The average molecular weight is 597 g/mol. The number of nitrogens with zero attached hydrogens (tertiary/aromatic N) is 2. The van der Waals surface area contributed by atoms with Gasteiger partial charge >= 0.3 is 0 Å². The lowest BCUT2D eigenvalue weighted by molar-refractivity contribution is 0.0273. The van der Waals surface area contributed by atoms with E-state index in [0.717, 1.165) is 22.1 Å². The van der Waals surface area contributed by atoms with Crippen LogP contribution < -0.4 is 0 Å². The lowest BCUT2D eigenvalue weighted by Crippen LogP contribution is -2.50. The summed E-state index contributed by atoms with van der Waals surface area (Å²) < 4.78 is 35.0. The monoisotopic (exact) mass is 596 g/mol.